The highest BCUT2D eigenvalue weighted by molar-refractivity contribution is 7.13. The van der Waals surface area contributed by atoms with E-state index in [1.165, 1.54) is 0 Å². The molecule has 29 heavy (non-hydrogen) atoms. The number of hydrogen-bond acceptors (Lipinski definition) is 7. The van der Waals surface area contributed by atoms with Crippen molar-refractivity contribution >= 4 is 23.2 Å². The summed E-state index contributed by atoms with van der Waals surface area (Å²) in [4.78, 5) is 27.8. The number of fused-ring (bicyclic) bond motifs is 1. The van der Waals surface area contributed by atoms with Gasteiger partial charge in [0.2, 0.25) is 17.7 Å². The maximum Gasteiger partial charge on any atom is 0.257 e. The van der Waals surface area contributed by atoms with Crippen molar-refractivity contribution in [3.63, 3.8) is 0 Å². The van der Waals surface area contributed by atoms with Gasteiger partial charge in [0.1, 0.15) is 0 Å². The second kappa shape index (κ2) is 7.87. The summed E-state index contributed by atoms with van der Waals surface area (Å²) in [6.45, 7) is 7.33. The molecule has 2 saturated heterocycles. The van der Waals surface area contributed by atoms with E-state index in [0.29, 0.717) is 44.1 Å². The van der Waals surface area contributed by atoms with E-state index in [9.17, 15) is 9.59 Å². The maximum atomic E-state index is 12.4. The number of nitrogens with zero attached hydrogens (tertiary/aromatic N) is 3. The summed E-state index contributed by atoms with van der Waals surface area (Å²) >= 11 is 1.56. The molecule has 3 atom stereocenters. The third-order valence-electron chi connectivity index (χ3n) is 5.29. The Hall–Kier alpha value is -2.26. The quantitative estimate of drug-likeness (QED) is 0.770. The molecular weight excluding hydrogens is 390 g/mol. The first-order valence-electron chi connectivity index (χ1n) is 9.97. The number of nitrogens with one attached hydrogen (secondary N) is 2. The van der Waals surface area contributed by atoms with Crippen molar-refractivity contribution in [3.05, 3.63) is 23.4 Å². The number of thiophene rings is 1. The van der Waals surface area contributed by atoms with Crippen LogP contribution in [0.3, 0.4) is 0 Å². The van der Waals surface area contributed by atoms with Crippen molar-refractivity contribution in [2.24, 2.45) is 5.41 Å². The van der Waals surface area contributed by atoms with Crippen molar-refractivity contribution in [2.75, 3.05) is 13.1 Å². The van der Waals surface area contributed by atoms with E-state index in [0.717, 1.165) is 4.88 Å². The van der Waals surface area contributed by atoms with Gasteiger partial charge >= 0.3 is 0 Å². The van der Waals surface area contributed by atoms with Crippen LogP contribution in [0.25, 0.3) is 10.8 Å². The fraction of sp³-hybridized carbons (Fsp3) is 0.600. The predicted octanol–water partition coefficient (Wildman–Crippen LogP) is 1.83. The number of piperazine rings is 1. The van der Waals surface area contributed by atoms with Crippen LogP contribution >= 0.6 is 11.3 Å². The summed E-state index contributed by atoms with van der Waals surface area (Å²) in [7, 11) is 0. The van der Waals surface area contributed by atoms with E-state index >= 15 is 0 Å². The van der Waals surface area contributed by atoms with Gasteiger partial charge in [-0.2, -0.15) is 0 Å². The molecule has 2 fully saturated rings. The van der Waals surface area contributed by atoms with E-state index in [4.69, 9.17) is 4.42 Å². The second-order valence-corrected chi connectivity index (χ2v) is 9.98. The van der Waals surface area contributed by atoms with Crippen LogP contribution in [0.4, 0.5) is 0 Å². The number of hydrogen-bond donors (Lipinski definition) is 2. The van der Waals surface area contributed by atoms with Gasteiger partial charge in [0, 0.05) is 38.0 Å². The molecule has 0 aromatic carbocycles. The standard InChI is InChI=1S/C20H27N5O3S/c1-20(2,3)9-16(26)22-12-7-14-18(27)21-10-13(25(14)11-12)8-17-23-24-19(28-17)15-5-4-6-29-15/h4-6,12-14H,7-11H2,1-3H3,(H,21,27)(H,22,26)/t12-,13+,14-/m0/s1. The highest BCUT2D eigenvalue weighted by Crippen LogP contribution is 2.28. The van der Waals surface area contributed by atoms with Gasteiger partial charge in [0.05, 0.1) is 10.9 Å². The molecule has 2 N–H and O–H groups in total. The molecule has 2 aliphatic heterocycles. The Morgan fingerprint density at radius 2 is 2.24 bits per heavy atom. The summed E-state index contributed by atoms with van der Waals surface area (Å²) in [6, 6.07) is 3.71. The third-order valence-corrected chi connectivity index (χ3v) is 6.15. The molecule has 0 spiro atoms. The normalized spacial score (nSPS) is 24.9. The van der Waals surface area contributed by atoms with Crippen LogP contribution < -0.4 is 10.6 Å². The SMILES string of the molecule is CC(C)(C)CC(=O)N[C@H]1C[C@H]2C(=O)NC[C@@H](Cc3nnc(-c4cccs4)o3)N2C1. The van der Waals surface area contributed by atoms with Crippen molar-refractivity contribution in [1.82, 2.24) is 25.7 Å². The minimum Gasteiger partial charge on any atom is -0.420 e. The van der Waals surface area contributed by atoms with E-state index in [1.54, 1.807) is 11.3 Å². The van der Waals surface area contributed by atoms with Crippen LogP contribution in [-0.2, 0) is 16.0 Å². The predicted molar refractivity (Wildman–Crippen MR) is 109 cm³/mol. The monoisotopic (exact) mass is 417 g/mol. The number of aromatic nitrogens is 2. The minimum atomic E-state index is -0.228. The zero-order chi connectivity index (χ0) is 20.6. The van der Waals surface area contributed by atoms with Crippen molar-refractivity contribution in [2.45, 2.75) is 58.2 Å². The van der Waals surface area contributed by atoms with Gasteiger partial charge in [-0.1, -0.05) is 26.8 Å². The lowest BCUT2D eigenvalue weighted by molar-refractivity contribution is -0.129. The van der Waals surface area contributed by atoms with Gasteiger partial charge in [-0.15, -0.1) is 21.5 Å². The maximum absolute atomic E-state index is 12.4. The second-order valence-electron chi connectivity index (χ2n) is 9.03. The molecule has 4 rings (SSSR count). The number of carbonyl (C=O) groups is 2. The first kappa shape index (κ1) is 20.0. The molecule has 156 valence electrons. The Balaban J connectivity index is 1.40. The van der Waals surface area contributed by atoms with Crippen LogP contribution in [0.5, 0.6) is 0 Å². The summed E-state index contributed by atoms with van der Waals surface area (Å²) in [6.07, 6.45) is 1.66. The zero-order valence-electron chi connectivity index (χ0n) is 17.0. The lowest BCUT2D eigenvalue weighted by Crippen LogP contribution is -2.58. The first-order valence-corrected chi connectivity index (χ1v) is 10.9. The van der Waals surface area contributed by atoms with Crippen LogP contribution in [0.2, 0.25) is 0 Å². The molecule has 0 radical (unpaired) electrons. The van der Waals surface area contributed by atoms with Crippen LogP contribution in [-0.4, -0.2) is 58.1 Å². The number of rotatable bonds is 5. The van der Waals surface area contributed by atoms with Crippen LogP contribution in [0, 0.1) is 5.41 Å². The highest BCUT2D eigenvalue weighted by Gasteiger charge is 2.44. The fourth-order valence-corrected chi connectivity index (χ4v) is 4.71. The molecule has 9 heteroatoms. The van der Waals surface area contributed by atoms with Crippen LogP contribution in [0.1, 0.15) is 39.5 Å². The van der Waals surface area contributed by atoms with Gasteiger partial charge in [-0.3, -0.25) is 14.5 Å². The summed E-state index contributed by atoms with van der Waals surface area (Å²) in [5.74, 6) is 1.16. The fourth-order valence-electron chi connectivity index (χ4n) is 4.07. The minimum absolute atomic E-state index is 0.0226. The molecule has 2 amide bonds. The lowest BCUT2D eigenvalue weighted by atomic mass is 9.92. The molecule has 8 nitrogen and oxygen atoms in total. The zero-order valence-corrected chi connectivity index (χ0v) is 17.8. The molecule has 0 saturated carbocycles. The third kappa shape index (κ3) is 4.67. The molecule has 0 unspecified atom stereocenters. The smallest absolute Gasteiger partial charge is 0.257 e. The van der Waals surface area contributed by atoms with Gasteiger partial charge in [0.15, 0.2) is 0 Å². The Morgan fingerprint density at radius 1 is 1.41 bits per heavy atom. The van der Waals surface area contributed by atoms with E-state index < -0.39 is 0 Å². The molecule has 2 aromatic rings. The first-order chi connectivity index (χ1) is 13.8. The lowest BCUT2D eigenvalue weighted by Gasteiger charge is -2.36. The average Bonchev–Trinajstić information content (AvgIpc) is 3.35. The molecule has 2 aromatic heterocycles. The van der Waals surface area contributed by atoms with Crippen molar-refractivity contribution < 1.29 is 14.0 Å². The Bertz CT molecular complexity index is 873. The molecule has 0 aliphatic carbocycles. The van der Waals surface area contributed by atoms with E-state index in [2.05, 4.69) is 25.7 Å². The Kier molecular flexibility index (Phi) is 5.44. The summed E-state index contributed by atoms with van der Waals surface area (Å²) < 4.78 is 5.83. The largest absolute Gasteiger partial charge is 0.420 e. The molecular formula is C20H27N5O3S. The topological polar surface area (TPSA) is 100 Å². The van der Waals surface area contributed by atoms with Gasteiger partial charge in [-0.05, 0) is 23.3 Å². The van der Waals surface area contributed by atoms with Gasteiger partial charge in [-0.25, -0.2) is 0 Å². The number of carbonyl (C=O) groups excluding carboxylic acids is 2. The average molecular weight is 418 g/mol. The van der Waals surface area contributed by atoms with E-state index in [1.807, 2.05) is 38.3 Å². The summed E-state index contributed by atoms with van der Waals surface area (Å²) in [5, 5.41) is 16.4. The van der Waals surface area contributed by atoms with Gasteiger partial charge < -0.3 is 15.1 Å². The number of amides is 2. The molecule has 4 heterocycles. The Labute approximate surface area is 174 Å². The van der Waals surface area contributed by atoms with Gasteiger partial charge in [0.25, 0.3) is 5.89 Å². The Morgan fingerprint density at radius 3 is 2.97 bits per heavy atom. The highest BCUT2D eigenvalue weighted by atomic mass is 32.1. The molecule has 0 bridgehead atoms. The van der Waals surface area contributed by atoms with Crippen LogP contribution in [0.15, 0.2) is 21.9 Å². The van der Waals surface area contributed by atoms with Crippen molar-refractivity contribution in [3.8, 4) is 10.8 Å². The summed E-state index contributed by atoms with van der Waals surface area (Å²) in [5.41, 5.74) is -0.0616. The molecule has 2 aliphatic rings. The van der Waals surface area contributed by atoms with Crippen molar-refractivity contribution in [1.29, 1.82) is 0 Å². The van der Waals surface area contributed by atoms with E-state index in [-0.39, 0.29) is 35.4 Å².